The summed E-state index contributed by atoms with van der Waals surface area (Å²) in [6.45, 7) is 0. The molecule has 0 saturated heterocycles. The summed E-state index contributed by atoms with van der Waals surface area (Å²) in [6.07, 6.45) is 0. The van der Waals surface area contributed by atoms with Gasteiger partial charge in [0.15, 0.2) is 0 Å². The van der Waals surface area contributed by atoms with Gasteiger partial charge in [-0.1, -0.05) is 21.6 Å². The van der Waals surface area contributed by atoms with Crippen LogP contribution in [0.3, 0.4) is 0 Å². The van der Waals surface area contributed by atoms with Gasteiger partial charge < -0.3 is 9.47 Å². The largest absolute Gasteiger partial charge is 0.369 e. The lowest BCUT2D eigenvalue weighted by Gasteiger charge is -2.14. The second-order valence-corrected chi connectivity index (χ2v) is 5.04. The van der Waals surface area contributed by atoms with E-state index in [-0.39, 0.29) is 10.9 Å². The van der Waals surface area contributed by atoms with Crippen LogP contribution >= 0.6 is 44.8 Å². The summed E-state index contributed by atoms with van der Waals surface area (Å²) in [6, 6.07) is 0. The Balaban J connectivity index is 3.49. The van der Waals surface area contributed by atoms with Gasteiger partial charge in [-0.05, 0) is 0 Å². The average molecular weight is 251 g/mol. The van der Waals surface area contributed by atoms with Crippen LogP contribution in [0.4, 0.5) is 0 Å². The van der Waals surface area contributed by atoms with Crippen molar-refractivity contribution in [2.45, 2.75) is 10.9 Å². The van der Waals surface area contributed by atoms with Crippen molar-refractivity contribution in [3.8, 4) is 0 Å². The Kier molecular flexibility index (Phi) is 9.66. The van der Waals surface area contributed by atoms with Crippen LogP contribution in [0.15, 0.2) is 0 Å². The van der Waals surface area contributed by atoms with Crippen LogP contribution < -0.4 is 0 Å². The molecule has 0 fully saturated rings. The minimum absolute atomic E-state index is 0.00228. The zero-order valence-corrected chi connectivity index (χ0v) is 10.1. The zero-order valence-electron chi connectivity index (χ0n) is 6.96. The molecule has 0 N–H and O–H groups in total. The maximum absolute atomic E-state index is 5.60. The van der Waals surface area contributed by atoms with E-state index >= 15 is 0 Å². The Morgan fingerprint density at radius 1 is 1.00 bits per heavy atom. The van der Waals surface area contributed by atoms with E-state index in [0.717, 1.165) is 0 Å². The molecule has 74 valence electrons. The Hall–Kier alpha value is 1.20. The highest BCUT2D eigenvalue weighted by Crippen LogP contribution is 2.32. The summed E-state index contributed by atoms with van der Waals surface area (Å²) in [5.74, 6) is 0.930. The predicted molar refractivity (Wildman–Crippen MR) is 58.2 cm³/mol. The van der Waals surface area contributed by atoms with E-state index in [9.17, 15) is 0 Å². The van der Waals surface area contributed by atoms with Gasteiger partial charge >= 0.3 is 0 Å². The molecule has 12 heavy (non-hydrogen) atoms. The fourth-order valence-corrected chi connectivity index (χ4v) is 3.59. The van der Waals surface area contributed by atoms with E-state index in [4.69, 9.17) is 32.7 Å². The molecule has 0 aromatic heterocycles. The second-order valence-electron chi connectivity index (χ2n) is 1.83. The molecule has 0 aliphatic heterocycles. The van der Waals surface area contributed by atoms with Crippen LogP contribution in [0.2, 0.25) is 0 Å². The molecule has 0 rings (SSSR count). The highest BCUT2D eigenvalue weighted by molar-refractivity contribution is 8.77. The summed E-state index contributed by atoms with van der Waals surface area (Å²) < 4.78 is 10.1. The number of ether oxygens (including phenoxy) is 2. The number of halogens is 2. The molecule has 2 atom stereocenters. The van der Waals surface area contributed by atoms with Gasteiger partial charge in [-0.3, -0.25) is 0 Å². The summed E-state index contributed by atoms with van der Waals surface area (Å²) in [5, 5.41) is 0. The van der Waals surface area contributed by atoms with Crippen molar-refractivity contribution in [2.24, 2.45) is 0 Å². The van der Waals surface area contributed by atoms with E-state index in [1.165, 1.54) is 21.6 Å². The third-order valence-electron chi connectivity index (χ3n) is 1.05. The van der Waals surface area contributed by atoms with Gasteiger partial charge in [0.25, 0.3) is 0 Å². The van der Waals surface area contributed by atoms with Crippen LogP contribution in [0.5, 0.6) is 0 Å². The van der Waals surface area contributed by atoms with Gasteiger partial charge in [-0.15, -0.1) is 23.2 Å². The van der Waals surface area contributed by atoms with E-state index in [0.29, 0.717) is 11.8 Å². The smallest absolute Gasteiger partial charge is 0.126 e. The quantitative estimate of drug-likeness (QED) is 0.393. The molecule has 0 saturated carbocycles. The number of methoxy groups -OCH3 is 2. The molecule has 0 radical (unpaired) electrons. The molecular weight excluding hydrogens is 239 g/mol. The first kappa shape index (κ1) is 13.2. The van der Waals surface area contributed by atoms with Crippen LogP contribution in [0, 0.1) is 0 Å². The first-order chi connectivity index (χ1) is 5.78. The molecule has 2 unspecified atom stereocenters. The maximum Gasteiger partial charge on any atom is 0.126 e. The molecule has 0 amide bonds. The molecular formula is C6H12Cl2O2S2. The van der Waals surface area contributed by atoms with Crippen LogP contribution in [-0.4, -0.2) is 36.9 Å². The van der Waals surface area contributed by atoms with Crippen molar-refractivity contribution in [2.75, 3.05) is 26.0 Å². The van der Waals surface area contributed by atoms with E-state index in [1.54, 1.807) is 14.2 Å². The van der Waals surface area contributed by atoms with Crippen molar-refractivity contribution in [1.29, 1.82) is 0 Å². The fraction of sp³-hybridized carbons (Fsp3) is 1.00. The lowest BCUT2D eigenvalue weighted by Crippen LogP contribution is -2.10. The Bertz CT molecular complexity index is 87.5. The van der Waals surface area contributed by atoms with Gasteiger partial charge in [0.2, 0.25) is 0 Å². The highest BCUT2D eigenvalue weighted by atomic mass is 35.5. The molecule has 0 aliphatic carbocycles. The molecule has 0 spiro atoms. The maximum atomic E-state index is 5.60. The number of alkyl halides is 2. The van der Waals surface area contributed by atoms with Crippen molar-refractivity contribution in [1.82, 2.24) is 0 Å². The summed E-state index contributed by atoms with van der Waals surface area (Å²) in [4.78, 5) is 0. The summed E-state index contributed by atoms with van der Waals surface area (Å²) >= 11 is 11.2. The molecule has 2 nitrogen and oxygen atoms in total. The fourth-order valence-electron chi connectivity index (χ4n) is 0.380. The lowest BCUT2D eigenvalue weighted by molar-refractivity contribution is 0.188. The predicted octanol–water partition coefficient (Wildman–Crippen LogP) is 2.79. The van der Waals surface area contributed by atoms with Gasteiger partial charge in [0, 0.05) is 14.2 Å². The molecule has 0 aromatic carbocycles. The van der Waals surface area contributed by atoms with Crippen molar-refractivity contribution in [3.05, 3.63) is 0 Å². The number of rotatable bonds is 7. The van der Waals surface area contributed by atoms with Crippen molar-refractivity contribution in [3.63, 3.8) is 0 Å². The third kappa shape index (κ3) is 5.78. The number of hydrogen-bond acceptors (Lipinski definition) is 4. The summed E-state index contributed by atoms with van der Waals surface area (Å²) in [5.41, 5.74) is -0.00457. The number of hydrogen-bond donors (Lipinski definition) is 0. The van der Waals surface area contributed by atoms with E-state index in [2.05, 4.69) is 0 Å². The Morgan fingerprint density at radius 3 is 1.50 bits per heavy atom. The highest BCUT2D eigenvalue weighted by Gasteiger charge is 2.12. The van der Waals surface area contributed by atoms with Gasteiger partial charge in [-0.2, -0.15) is 0 Å². The normalized spacial score (nSPS) is 16.0. The first-order valence-electron chi connectivity index (χ1n) is 3.28. The SMILES string of the molecule is COC(CCl)SSC(CCl)OC. The minimum Gasteiger partial charge on any atom is -0.369 e. The Labute approximate surface area is 91.0 Å². The van der Waals surface area contributed by atoms with Gasteiger partial charge in [-0.25, -0.2) is 0 Å². The molecule has 6 heteroatoms. The molecule has 0 heterocycles. The van der Waals surface area contributed by atoms with Gasteiger partial charge in [0.1, 0.15) is 10.9 Å². The monoisotopic (exact) mass is 250 g/mol. The summed E-state index contributed by atoms with van der Waals surface area (Å²) in [7, 11) is 6.32. The average Bonchev–Trinajstić information content (AvgIpc) is 2.13. The third-order valence-corrected chi connectivity index (χ3v) is 4.85. The van der Waals surface area contributed by atoms with Crippen LogP contribution in [-0.2, 0) is 9.47 Å². The van der Waals surface area contributed by atoms with Crippen LogP contribution in [0.25, 0.3) is 0 Å². The molecule has 0 bridgehead atoms. The lowest BCUT2D eigenvalue weighted by atomic mass is 10.8. The van der Waals surface area contributed by atoms with Crippen LogP contribution in [0.1, 0.15) is 0 Å². The minimum atomic E-state index is -0.00228. The van der Waals surface area contributed by atoms with Crippen molar-refractivity contribution < 1.29 is 9.47 Å². The second kappa shape index (κ2) is 8.78. The van der Waals surface area contributed by atoms with Gasteiger partial charge in [0.05, 0.1) is 11.8 Å². The zero-order chi connectivity index (χ0) is 9.40. The van der Waals surface area contributed by atoms with E-state index < -0.39 is 0 Å². The molecule has 0 aliphatic rings. The topological polar surface area (TPSA) is 18.5 Å². The Morgan fingerprint density at radius 2 is 1.33 bits per heavy atom. The van der Waals surface area contributed by atoms with E-state index in [1.807, 2.05) is 0 Å². The molecule has 0 aromatic rings. The standard InChI is InChI=1S/C6H12Cl2O2S2/c1-9-5(3-7)11-12-6(4-8)10-2/h5-6H,3-4H2,1-2H3. The first-order valence-corrected chi connectivity index (χ1v) is 6.62. The van der Waals surface area contributed by atoms with Crippen molar-refractivity contribution >= 4 is 44.8 Å².